The summed E-state index contributed by atoms with van der Waals surface area (Å²) in [5, 5.41) is 3.64. The second-order valence-corrected chi connectivity index (χ2v) is 8.27. The Hall–Kier alpha value is -1.40. The zero-order chi connectivity index (χ0) is 17.8. The number of anilines is 1. The topological polar surface area (TPSA) is 58.6 Å². The first-order valence-electron chi connectivity index (χ1n) is 9.33. The number of carbonyl (C=O) groups excluding carboxylic acids is 2. The number of thiophene rings is 1. The largest absolute Gasteiger partial charge is 0.465 e. The van der Waals surface area contributed by atoms with Crippen LogP contribution in [-0.4, -0.2) is 43.5 Å². The second kappa shape index (κ2) is 8.32. The highest BCUT2D eigenvalue weighted by molar-refractivity contribution is 7.17. The molecule has 0 saturated heterocycles. The number of esters is 1. The summed E-state index contributed by atoms with van der Waals surface area (Å²) in [6.07, 6.45) is 10.4. The van der Waals surface area contributed by atoms with Crippen LogP contribution in [0.5, 0.6) is 0 Å². The Morgan fingerprint density at radius 2 is 1.88 bits per heavy atom. The Morgan fingerprint density at radius 1 is 1.16 bits per heavy atom. The summed E-state index contributed by atoms with van der Waals surface area (Å²) in [7, 11) is 3.43. The van der Waals surface area contributed by atoms with Gasteiger partial charge in [0.15, 0.2) is 0 Å². The molecule has 1 saturated carbocycles. The molecule has 1 amide bonds. The van der Waals surface area contributed by atoms with Gasteiger partial charge < -0.3 is 10.1 Å². The predicted molar refractivity (Wildman–Crippen MR) is 100 cm³/mol. The highest BCUT2D eigenvalue weighted by Gasteiger charge is 2.28. The number of likely N-dealkylation sites (N-methyl/N-ethyl adjacent to an activating group) is 1. The van der Waals surface area contributed by atoms with Gasteiger partial charge in [-0.05, 0) is 44.7 Å². The number of nitrogens with zero attached hydrogens (tertiary/aromatic N) is 1. The molecule has 0 atom stereocenters. The molecule has 138 valence electrons. The third kappa shape index (κ3) is 4.23. The number of methoxy groups -OCH3 is 1. The van der Waals surface area contributed by atoms with E-state index >= 15 is 0 Å². The number of rotatable bonds is 5. The molecule has 25 heavy (non-hydrogen) atoms. The van der Waals surface area contributed by atoms with Crippen LogP contribution in [0.4, 0.5) is 5.00 Å². The van der Waals surface area contributed by atoms with E-state index in [1.54, 1.807) is 0 Å². The van der Waals surface area contributed by atoms with E-state index in [-0.39, 0.29) is 11.9 Å². The van der Waals surface area contributed by atoms with Crippen LogP contribution < -0.4 is 5.32 Å². The third-order valence-electron chi connectivity index (χ3n) is 5.40. The molecule has 0 unspecified atom stereocenters. The fourth-order valence-corrected chi connectivity index (χ4v) is 5.32. The van der Waals surface area contributed by atoms with Crippen LogP contribution in [0.2, 0.25) is 0 Å². The summed E-state index contributed by atoms with van der Waals surface area (Å²) in [6, 6.07) is 0.488. The molecule has 1 heterocycles. The van der Waals surface area contributed by atoms with Crippen molar-refractivity contribution < 1.29 is 14.3 Å². The number of nitrogens with one attached hydrogen (secondary N) is 1. The lowest BCUT2D eigenvalue weighted by Crippen LogP contribution is -2.37. The number of amides is 1. The van der Waals surface area contributed by atoms with E-state index < -0.39 is 0 Å². The molecule has 0 aliphatic heterocycles. The lowest BCUT2D eigenvalue weighted by molar-refractivity contribution is -0.117. The zero-order valence-electron chi connectivity index (χ0n) is 15.2. The van der Waals surface area contributed by atoms with Crippen molar-refractivity contribution in [3.05, 3.63) is 16.0 Å². The van der Waals surface area contributed by atoms with Crippen molar-refractivity contribution in [2.24, 2.45) is 0 Å². The van der Waals surface area contributed by atoms with E-state index in [2.05, 4.69) is 10.2 Å². The number of aryl methyl sites for hydroxylation is 1. The number of hydrogen-bond acceptors (Lipinski definition) is 5. The molecule has 2 aliphatic carbocycles. The van der Waals surface area contributed by atoms with Gasteiger partial charge in [0, 0.05) is 10.9 Å². The van der Waals surface area contributed by atoms with Gasteiger partial charge in [-0.25, -0.2) is 4.79 Å². The Labute approximate surface area is 153 Å². The molecule has 2 aliphatic rings. The van der Waals surface area contributed by atoms with Crippen LogP contribution >= 0.6 is 11.3 Å². The average molecular weight is 365 g/mol. The van der Waals surface area contributed by atoms with Gasteiger partial charge in [-0.3, -0.25) is 9.69 Å². The summed E-state index contributed by atoms with van der Waals surface area (Å²) < 4.78 is 4.94. The maximum atomic E-state index is 12.5. The summed E-state index contributed by atoms with van der Waals surface area (Å²) in [5.74, 6) is -0.386. The fraction of sp³-hybridized carbons (Fsp3) is 0.684. The van der Waals surface area contributed by atoms with Gasteiger partial charge in [-0.15, -0.1) is 11.3 Å². The van der Waals surface area contributed by atoms with Crippen molar-refractivity contribution in [3.63, 3.8) is 0 Å². The van der Waals surface area contributed by atoms with E-state index in [0.29, 0.717) is 23.2 Å². The van der Waals surface area contributed by atoms with Crippen molar-refractivity contribution in [1.29, 1.82) is 0 Å². The Morgan fingerprint density at radius 3 is 2.56 bits per heavy atom. The van der Waals surface area contributed by atoms with Crippen LogP contribution in [0.25, 0.3) is 0 Å². The first kappa shape index (κ1) is 18.4. The van der Waals surface area contributed by atoms with E-state index in [0.717, 1.165) is 24.8 Å². The highest BCUT2D eigenvalue weighted by Crippen LogP contribution is 2.39. The van der Waals surface area contributed by atoms with E-state index in [4.69, 9.17) is 4.74 Å². The minimum Gasteiger partial charge on any atom is -0.465 e. The summed E-state index contributed by atoms with van der Waals surface area (Å²) in [6.45, 7) is 0.369. The minimum absolute atomic E-state index is 0.0446. The van der Waals surface area contributed by atoms with Crippen molar-refractivity contribution in [3.8, 4) is 0 Å². The molecule has 1 N–H and O–H groups in total. The van der Waals surface area contributed by atoms with E-state index in [1.807, 2.05) is 7.05 Å². The molecule has 5 nitrogen and oxygen atoms in total. The molecule has 0 radical (unpaired) electrons. The lowest BCUT2D eigenvalue weighted by atomic mass is 10.1. The Kier molecular flexibility index (Phi) is 6.12. The summed E-state index contributed by atoms with van der Waals surface area (Å²) >= 11 is 1.54. The van der Waals surface area contributed by atoms with Crippen LogP contribution in [-0.2, 0) is 22.4 Å². The van der Waals surface area contributed by atoms with E-state index in [1.165, 1.54) is 61.8 Å². The Balaban J connectivity index is 1.65. The van der Waals surface area contributed by atoms with Gasteiger partial charge in [0.1, 0.15) is 5.00 Å². The van der Waals surface area contributed by atoms with Crippen LogP contribution in [0.15, 0.2) is 0 Å². The van der Waals surface area contributed by atoms with Crippen molar-refractivity contribution in [2.45, 2.75) is 63.8 Å². The van der Waals surface area contributed by atoms with Crippen molar-refractivity contribution >= 4 is 28.2 Å². The molecule has 1 aromatic rings. The minimum atomic E-state index is -0.341. The summed E-state index contributed by atoms with van der Waals surface area (Å²) in [4.78, 5) is 28.1. The van der Waals surface area contributed by atoms with Gasteiger partial charge in [0.2, 0.25) is 5.91 Å². The quantitative estimate of drug-likeness (QED) is 0.640. The van der Waals surface area contributed by atoms with Gasteiger partial charge in [0.05, 0.1) is 19.2 Å². The maximum absolute atomic E-state index is 12.5. The monoisotopic (exact) mass is 364 g/mol. The molecule has 0 aromatic carbocycles. The van der Waals surface area contributed by atoms with Gasteiger partial charge in [-0.2, -0.15) is 0 Å². The standard InChI is InChI=1S/C19H28N2O3S/c1-21(13-8-5-3-4-6-9-13)12-16(22)20-18-17(19(23)24-2)14-10-7-11-15(14)25-18/h13H,3-12H2,1-2H3,(H,20,22). The molecule has 0 spiro atoms. The molecule has 3 rings (SSSR count). The second-order valence-electron chi connectivity index (χ2n) is 7.16. The normalized spacial score (nSPS) is 18.0. The molecule has 6 heteroatoms. The number of ether oxygens (including phenoxy) is 1. The molecular weight excluding hydrogens is 336 g/mol. The van der Waals surface area contributed by atoms with Gasteiger partial charge in [-0.1, -0.05) is 25.7 Å². The SMILES string of the molecule is COC(=O)c1c(NC(=O)CN(C)C2CCCCCC2)sc2c1CCC2. The molecule has 0 bridgehead atoms. The van der Waals surface area contributed by atoms with Crippen LogP contribution in [0, 0.1) is 0 Å². The van der Waals surface area contributed by atoms with Gasteiger partial charge in [0.25, 0.3) is 0 Å². The molecular formula is C19H28N2O3S. The third-order valence-corrected chi connectivity index (χ3v) is 6.61. The van der Waals surface area contributed by atoms with Gasteiger partial charge >= 0.3 is 5.97 Å². The summed E-state index contributed by atoms with van der Waals surface area (Å²) in [5.41, 5.74) is 1.65. The smallest absolute Gasteiger partial charge is 0.341 e. The Bertz CT molecular complexity index is 633. The number of fused-ring (bicyclic) bond motifs is 1. The maximum Gasteiger partial charge on any atom is 0.341 e. The number of carbonyl (C=O) groups is 2. The fourth-order valence-electron chi connectivity index (χ4n) is 4.03. The van der Waals surface area contributed by atoms with Crippen LogP contribution in [0.1, 0.15) is 65.7 Å². The van der Waals surface area contributed by atoms with Crippen molar-refractivity contribution in [2.75, 3.05) is 26.0 Å². The van der Waals surface area contributed by atoms with E-state index in [9.17, 15) is 9.59 Å². The highest BCUT2D eigenvalue weighted by atomic mass is 32.1. The lowest BCUT2D eigenvalue weighted by Gasteiger charge is -2.26. The molecule has 1 aromatic heterocycles. The first-order valence-corrected chi connectivity index (χ1v) is 10.1. The average Bonchev–Trinajstić information content (AvgIpc) is 3.03. The zero-order valence-corrected chi connectivity index (χ0v) is 16.0. The molecule has 1 fully saturated rings. The predicted octanol–water partition coefficient (Wildman–Crippen LogP) is 3.62. The first-order chi connectivity index (χ1) is 12.1. The number of hydrogen-bond donors (Lipinski definition) is 1. The van der Waals surface area contributed by atoms with Crippen molar-refractivity contribution in [1.82, 2.24) is 4.90 Å². The van der Waals surface area contributed by atoms with Crippen LogP contribution in [0.3, 0.4) is 0 Å².